The Bertz CT molecular complexity index is 713. The van der Waals surface area contributed by atoms with Crippen molar-refractivity contribution in [3.63, 3.8) is 0 Å². The SMILES string of the molecule is CSc1ccc2c(c1)C(=O)c1cc[c]([Sn]([CH3])([CH3])[CH3])cc1-2. The van der Waals surface area contributed by atoms with E-state index in [4.69, 9.17) is 0 Å². The molecule has 1 nitrogen and oxygen atoms in total. The molecule has 0 aromatic heterocycles. The third-order valence-corrected chi connectivity index (χ3v) is 10.4. The second-order valence-corrected chi connectivity index (χ2v) is 21.6. The van der Waals surface area contributed by atoms with E-state index in [0.29, 0.717) is 0 Å². The second-order valence-electron chi connectivity index (χ2n) is 6.25. The summed E-state index contributed by atoms with van der Waals surface area (Å²) in [6, 6.07) is 12.7. The molecule has 1 aliphatic carbocycles. The molecule has 0 bridgehead atoms. The Kier molecular flexibility index (Phi) is 3.49. The monoisotopic (exact) mass is 390 g/mol. The fourth-order valence-corrected chi connectivity index (χ4v) is 6.40. The molecule has 0 saturated carbocycles. The van der Waals surface area contributed by atoms with Gasteiger partial charge in [0.05, 0.1) is 0 Å². The number of hydrogen-bond donors (Lipinski definition) is 0. The molecule has 0 unspecified atom stereocenters. The van der Waals surface area contributed by atoms with Crippen LogP contribution in [0.4, 0.5) is 0 Å². The summed E-state index contributed by atoms with van der Waals surface area (Å²) in [6.07, 6.45) is 2.04. The molecular formula is C17H18OSSn. The quantitative estimate of drug-likeness (QED) is 0.484. The Morgan fingerprint density at radius 1 is 0.850 bits per heavy atom. The molecule has 0 fully saturated rings. The van der Waals surface area contributed by atoms with E-state index in [1.54, 1.807) is 11.8 Å². The zero-order valence-corrected chi connectivity index (χ0v) is 16.0. The summed E-state index contributed by atoms with van der Waals surface area (Å²) in [5, 5.41) is 0. The summed E-state index contributed by atoms with van der Waals surface area (Å²) in [5.74, 6) is 0.182. The van der Waals surface area contributed by atoms with Gasteiger partial charge in [-0.05, 0) is 0 Å². The van der Waals surface area contributed by atoms with Crippen LogP contribution in [0, 0.1) is 0 Å². The van der Waals surface area contributed by atoms with Crippen molar-refractivity contribution in [2.45, 2.75) is 19.7 Å². The van der Waals surface area contributed by atoms with E-state index in [1.165, 1.54) is 3.58 Å². The first kappa shape index (κ1) is 14.2. The number of carbonyl (C=O) groups excluding carboxylic acids is 1. The molecule has 0 saturated heterocycles. The van der Waals surface area contributed by atoms with Crippen LogP contribution in [-0.4, -0.2) is 30.4 Å². The molecular weight excluding hydrogens is 371 g/mol. The van der Waals surface area contributed by atoms with E-state index in [9.17, 15) is 4.79 Å². The molecule has 20 heavy (non-hydrogen) atoms. The van der Waals surface area contributed by atoms with Crippen molar-refractivity contribution in [2.75, 3.05) is 6.26 Å². The summed E-state index contributed by atoms with van der Waals surface area (Å²) < 4.78 is 1.48. The first-order valence-electron chi connectivity index (χ1n) is 6.79. The Morgan fingerprint density at radius 2 is 1.55 bits per heavy atom. The predicted octanol–water partition coefficient (Wildman–Crippen LogP) is 4.17. The molecule has 0 heterocycles. The van der Waals surface area contributed by atoms with Crippen LogP contribution in [0.1, 0.15) is 15.9 Å². The standard InChI is InChI=1S/C14H9OS.3CH3.Sn/c1-16-9-6-7-11-10-4-2-3-5-12(10)14(15)13(11)8-9;;;;/h3-8H,1H3;3*1H3;. The van der Waals surface area contributed by atoms with E-state index < -0.39 is 18.4 Å². The Balaban J connectivity index is 2.21. The van der Waals surface area contributed by atoms with Gasteiger partial charge in [0.25, 0.3) is 0 Å². The van der Waals surface area contributed by atoms with Gasteiger partial charge in [-0.25, -0.2) is 0 Å². The molecule has 102 valence electrons. The average molecular weight is 389 g/mol. The van der Waals surface area contributed by atoms with Gasteiger partial charge in [-0.2, -0.15) is 0 Å². The number of carbonyl (C=O) groups is 1. The van der Waals surface area contributed by atoms with Crippen molar-refractivity contribution in [1.29, 1.82) is 0 Å². The minimum absolute atomic E-state index is 0.182. The fraction of sp³-hybridized carbons (Fsp3) is 0.235. The third kappa shape index (κ3) is 2.23. The van der Waals surface area contributed by atoms with Crippen LogP contribution in [0.3, 0.4) is 0 Å². The Labute approximate surface area is 128 Å². The third-order valence-electron chi connectivity index (χ3n) is 3.89. The first-order chi connectivity index (χ1) is 9.41. The summed E-state index contributed by atoms with van der Waals surface area (Å²) in [6.45, 7) is 0. The molecule has 1 aliphatic rings. The maximum atomic E-state index is 12.5. The van der Waals surface area contributed by atoms with Crippen LogP contribution in [0.5, 0.6) is 0 Å². The van der Waals surface area contributed by atoms with Gasteiger partial charge < -0.3 is 0 Å². The molecule has 2 aromatic rings. The van der Waals surface area contributed by atoms with Gasteiger partial charge in [0.2, 0.25) is 0 Å². The van der Waals surface area contributed by atoms with Gasteiger partial charge in [-0.15, -0.1) is 0 Å². The number of rotatable bonds is 2. The number of ketones is 1. The van der Waals surface area contributed by atoms with E-state index in [1.807, 2.05) is 18.4 Å². The van der Waals surface area contributed by atoms with Crippen LogP contribution in [0.25, 0.3) is 11.1 Å². The van der Waals surface area contributed by atoms with Gasteiger partial charge in [-0.3, -0.25) is 0 Å². The number of hydrogen-bond acceptors (Lipinski definition) is 2. The van der Waals surface area contributed by atoms with Gasteiger partial charge in [-0.1, -0.05) is 0 Å². The van der Waals surface area contributed by atoms with Crippen LogP contribution in [0.2, 0.25) is 14.8 Å². The van der Waals surface area contributed by atoms with Crippen LogP contribution in [-0.2, 0) is 0 Å². The molecule has 0 aliphatic heterocycles. The fourth-order valence-electron chi connectivity index (χ4n) is 2.65. The molecule has 0 atom stereocenters. The zero-order valence-electron chi connectivity index (χ0n) is 12.3. The van der Waals surface area contributed by atoms with E-state index in [2.05, 4.69) is 39.1 Å². The van der Waals surface area contributed by atoms with E-state index in [0.717, 1.165) is 27.1 Å². The van der Waals surface area contributed by atoms with E-state index >= 15 is 0 Å². The summed E-state index contributed by atoms with van der Waals surface area (Å²) in [7, 11) is 0. The summed E-state index contributed by atoms with van der Waals surface area (Å²) in [5.41, 5.74) is 3.99. The van der Waals surface area contributed by atoms with Crippen LogP contribution >= 0.6 is 11.8 Å². The Hall–Kier alpha value is -0.741. The molecule has 2 aromatic carbocycles. The van der Waals surface area contributed by atoms with Gasteiger partial charge in [0.1, 0.15) is 0 Å². The van der Waals surface area contributed by atoms with Crippen molar-refractivity contribution in [1.82, 2.24) is 0 Å². The number of fused-ring (bicyclic) bond motifs is 3. The molecule has 0 N–H and O–H groups in total. The predicted molar refractivity (Wildman–Crippen MR) is 90.1 cm³/mol. The average Bonchev–Trinajstić information content (AvgIpc) is 2.70. The van der Waals surface area contributed by atoms with Gasteiger partial charge >= 0.3 is 129 Å². The van der Waals surface area contributed by atoms with Crippen molar-refractivity contribution in [2.24, 2.45) is 0 Å². The topological polar surface area (TPSA) is 17.1 Å². The summed E-state index contributed by atoms with van der Waals surface area (Å²) >= 11 is -0.414. The maximum absolute atomic E-state index is 12.5. The van der Waals surface area contributed by atoms with Crippen molar-refractivity contribution < 1.29 is 4.79 Å². The van der Waals surface area contributed by atoms with Crippen LogP contribution in [0.15, 0.2) is 41.3 Å². The normalized spacial score (nSPS) is 13.3. The zero-order chi connectivity index (χ0) is 14.5. The molecule has 0 radical (unpaired) electrons. The number of benzene rings is 2. The van der Waals surface area contributed by atoms with Crippen molar-refractivity contribution in [3.8, 4) is 11.1 Å². The molecule has 3 heteroatoms. The first-order valence-corrected chi connectivity index (χ1v) is 18.0. The van der Waals surface area contributed by atoms with Crippen molar-refractivity contribution >= 4 is 39.5 Å². The Morgan fingerprint density at radius 3 is 2.20 bits per heavy atom. The molecule has 0 spiro atoms. The van der Waals surface area contributed by atoms with E-state index in [-0.39, 0.29) is 5.78 Å². The van der Waals surface area contributed by atoms with Crippen LogP contribution < -0.4 is 3.58 Å². The van der Waals surface area contributed by atoms with Crippen molar-refractivity contribution in [3.05, 3.63) is 47.5 Å². The minimum atomic E-state index is -2.09. The number of thioether (sulfide) groups is 1. The molecule has 3 rings (SSSR count). The van der Waals surface area contributed by atoms with Gasteiger partial charge in [0.15, 0.2) is 0 Å². The molecule has 0 amide bonds. The van der Waals surface area contributed by atoms with Gasteiger partial charge in [0, 0.05) is 0 Å². The summed E-state index contributed by atoms with van der Waals surface area (Å²) in [4.78, 5) is 20.9. The second kappa shape index (κ2) is 4.92.